The van der Waals surface area contributed by atoms with Gasteiger partial charge in [0.2, 0.25) is 0 Å². The molecule has 2 amide bonds. The highest BCUT2D eigenvalue weighted by Gasteiger charge is 2.21. The minimum atomic E-state index is 0.0357. The van der Waals surface area contributed by atoms with Crippen LogP contribution >= 0.6 is 0 Å². The molecule has 0 bridgehead atoms. The summed E-state index contributed by atoms with van der Waals surface area (Å²) < 4.78 is 0. The van der Waals surface area contributed by atoms with Crippen molar-refractivity contribution in [1.29, 1.82) is 0 Å². The molecule has 146 valence electrons. The van der Waals surface area contributed by atoms with Crippen molar-refractivity contribution in [1.82, 2.24) is 25.1 Å². The van der Waals surface area contributed by atoms with Crippen LogP contribution in [0.25, 0.3) is 10.9 Å². The molecular formula is C22H27N5O. The molecule has 2 aromatic heterocycles. The van der Waals surface area contributed by atoms with Gasteiger partial charge in [0, 0.05) is 62.6 Å². The molecule has 0 spiro atoms. The maximum atomic E-state index is 12.5. The fraction of sp³-hybridized carbons (Fsp3) is 0.364. The number of pyridine rings is 1. The molecule has 28 heavy (non-hydrogen) atoms. The van der Waals surface area contributed by atoms with Crippen molar-refractivity contribution < 1.29 is 4.79 Å². The third-order valence-corrected chi connectivity index (χ3v) is 5.50. The molecule has 0 atom stereocenters. The molecule has 0 saturated carbocycles. The van der Waals surface area contributed by atoms with Crippen LogP contribution in [0.2, 0.25) is 0 Å². The van der Waals surface area contributed by atoms with Crippen molar-refractivity contribution in [3.63, 3.8) is 0 Å². The Morgan fingerprint density at radius 3 is 2.79 bits per heavy atom. The topological polar surface area (TPSA) is 64.3 Å². The van der Waals surface area contributed by atoms with E-state index in [1.54, 1.807) is 0 Å². The van der Waals surface area contributed by atoms with Crippen LogP contribution in [0.1, 0.15) is 16.8 Å². The predicted molar refractivity (Wildman–Crippen MR) is 111 cm³/mol. The summed E-state index contributed by atoms with van der Waals surface area (Å²) in [7, 11) is 0. The highest BCUT2D eigenvalue weighted by atomic mass is 16.2. The maximum absolute atomic E-state index is 12.5. The fourth-order valence-corrected chi connectivity index (χ4v) is 3.76. The number of amides is 2. The zero-order valence-electron chi connectivity index (χ0n) is 16.3. The number of hydrogen-bond donors (Lipinski definition) is 2. The fourth-order valence-electron chi connectivity index (χ4n) is 3.76. The molecule has 0 unspecified atom stereocenters. The summed E-state index contributed by atoms with van der Waals surface area (Å²) in [4.78, 5) is 24.5. The van der Waals surface area contributed by atoms with E-state index in [2.05, 4.69) is 45.3 Å². The van der Waals surface area contributed by atoms with Crippen LogP contribution in [0, 0.1) is 6.92 Å². The van der Waals surface area contributed by atoms with E-state index in [9.17, 15) is 4.79 Å². The first-order valence-electron chi connectivity index (χ1n) is 9.91. The van der Waals surface area contributed by atoms with Crippen LogP contribution in [0.15, 0.2) is 48.8 Å². The summed E-state index contributed by atoms with van der Waals surface area (Å²) in [6, 6.07) is 12.4. The van der Waals surface area contributed by atoms with Gasteiger partial charge in [0.1, 0.15) is 0 Å². The first-order valence-corrected chi connectivity index (χ1v) is 9.91. The summed E-state index contributed by atoms with van der Waals surface area (Å²) in [6.07, 6.45) is 4.71. The van der Waals surface area contributed by atoms with Crippen molar-refractivity contribution in [2.75, 3.05) is 32.7 Å². The van der Waals surface area contributed by atoms with Crippen molar-refractivity contribution in [3.8, 4) is 0 Å². The van der Waals surface area contributed by atoms with E-state index < -0.39 is 0 Å². The Morgan fingerprint density at radius 2 is 1.96 bits per heavy atom. The van der Waals surface area contributed by atoms with Gasteiger partial charge in [-0.1, -0.05) is 24.3 Å². The number of nitrogens with one attached hydrogen (secondary N) is 2. The van der Waals surface area contributed by atoms with Gasteiger partial charge in [0.25, 0.3) is 0 Å². The number of fused-ring (bicyclic) bond motifs is 1. The number of carbonyl (C=O) groups is 1. The average Bonchev–Trinajstić information content (AvgIpc) is 3.13. The number of benzene rings is 1. The van der Waals surface area contributed by atoms with Gasteiger partial charge in [0.05, 0.1) is 5.69 Å². The van der Waals surface area contributed by atoms with Crippen LogP contribution in [-0.2, 0) is 13.0 Å². The molecule has 0 radical (unpaired) electrons. The molecule has 6 heteroatoms. The molecular weight excluding hydrogens is 350 g/mol. The minimum Gasteiger partial charge on any atom is -0.361 e. The van der Waals surface area contributed by atoms with Gasteiger partial charge in [-0.05, 0) is 36.6 Å². The average molecular weight is 377 g/mol. The molecule has 2 N–H and O–H groups in total. The lowest BCUT2D eigenvalue weighted by Gasteiger charge is -2.34. The molecule has 1 fully saturated rings. The summed E-state index contributed by atoms with van der Waals surface area (Å²) in [5.74, 6) is 0. The van der Waals surface area contributed by atoms with Crippen molar-refractivity contribution in [2.45, 2.75) is 19.9 Å². The number of piperazine rings is 1. The van der Waals surface area contributed by atoms with Crippen molar-refractivity contribution in [2.24, 2.45) is 0 Å². The molecule has 4 rings (SSSR count). The number of nitrogens with zero attached hydrogens (tertiary/aromatic N) is 3. The SMILES string of the molecule is Cc1cccnc1CN1CCN(C(=O)NCCc2c[nH]c3ccccc23)CC1. The van der Waals surface area contributed by atoms with Crippen LogP contribution in [0.3, 0.4) is 0 Å². The summed E-state index contributed by atoms with van der Waals surface area (Å²) in [5.41, 5.74) is 4.73. The van der Waals surface area contributed by atoms with Gasteiger partial charge < -0.3 is 15.2 Å². The van der Waals surface area contributed by atoms with E-state index in [4.69, 9.17) is 0 Å². The first kappa shape index (κ1) is 18.5. The second-order valence-electron chi connectivity index (χ2n) is 7.37. The van der Waals surface area contributed by atoms with Gasteiger partial charge in [0.15, 0.2) is 0 Å². The van der Waals surface area contributed by atoms with E-state index in [1.807, 2.05) is 35.5 Å². The minimum absolute atomic E-state index is 0.0357. The number of hydrogen-bond acceptors (Lipinski definition) is 3. The Morgan fingerprint density at radius 1 is 1.14 bits per heavy atom. The van der Waals surface area contributed by atoms with Crippen molar-refractivity contribution in [3.05, 3.63) is 65.6 Å². The monoisotopic (exact) mass is 377 g/mol. The number of aromatic amines is 1. The maximum Gasteiger partial charge on any atom is 0.317 e. The van der Waals surface area contributed by atoms with Crippen LogP contribution in [-0.4, -0.2) is 58.5 Å². The molecule has 3 aromatic rings. The highest BCUT2D eigenvalue weighted by Crippen LogP contribution is 2.17. The lowest BCUT2D eigenvalue weighted by Crippen LogP contribution is -2.51. The van der Waals surface area contributed by atoms with Gasteiger partial charge in [-0.25, -0.2) is 4.79 Å². The Kier molecular flexibility index (Phi) is 5.58. The third kappa shape index (κ3) is 4.17. The molecule has 1 aliphatic rings. The molecule has 0 aliphatic carbocycles. The van der Waals surface area contributed by atoms with Crippen LogP contribution in [0.4, 0.5) is 4.79 Å². The smallest absolute Gasteiger partial charge is 0.317 e. The number of urea groups is 1. The first-order chi connectivity index (χ1) is 13.7. The van der Waals surface area contributed by atoms with E-state index in [0.29, 0.717) is 6.54 Å². The van der Waals surface area contributed by atoms with Crippen molar-refractivity contribution >= 4 is 16.9 Å². The lowest BCUT2D eigenvalue weighted by atomic mass is 10.1. The number of aryl methyl sites for hydroxylation is 1. The van der Waals surface area contributed by atoms with E-state index in [0.717, 1.165) is 50.4 Å². The Balaban J connectivity index is 1.22. The van der Waals surface area contributed by atoms with Crippen LogP contribution < -0.4 is 5.32 Å². The number of para-hydroxylation sites is 1. The molecule has 3 heterocycles. The quantitative estimate of drug-likeness (QED) is 0.719. The Labute approximate surface area is 165 Å². The van der Waals surface area contributed by atoms with Gasteiger partial charge in [-0.3, -0.25) is 9.88 Å². The zero-order chi connectivity index (χ0) is 19.3. The van der Waals surface area contributed by atoms with Gasteiger partial charge in [-0.2, -0.15) is 0 Å². The Bertz CT molecular complexity index is 943. The summed E-state index contributed by atoms with van der Waals surface area (Å²) >= 11 is 0. The third-order valence-electron chi connectivity index (χ3n) is 5.50. The largest absolute Gasteiger partial charge is 0.361 e. The number of rotatable bonds is 5. The lowest BCUT2D eigenvalue weighted by molar-refractivity contribution is 0.134. The Hall–Kier alpha value is -2.86. The second kappa shape index (κ2) is 8.44. The van der Waals surface area contributed by atoms with E-state index in [-0.39, 0.29) is 6.03 Å². The molecule has 6 nitrogen and oxygen atoms in total. The van der Waals surface area contributed by atoms with Gasteiger partial charge >= 0.3 is 6.03 Å². The second-order valence-corrected chi connectivity index (χ2v) is 7.37. The van der Waals surface area contributed by atoms with E-state index in [1.165, 1.54) is 16.5 Å². The number of aromatic nitrogens is 2. The molecule has 1 saturated heterocycles. The number of H-pyrrole nitrogens is 1. The molecule has 1 aromatic carbocycles. The number of carbonyl (C=O) groups excluding carboxylic acids is 1. The zero-order valence-corrected chi connectivity index (χ0v) is 16.3. The summed E-state index contributed by atoms with van der Waals surface area (Å²) in [6.45, 7) is 6.86. The normalized spacial score (nSPS) is 15.1. The summed E-state index contributed by atoms with van der Waals surface area (Å²) in [5, 5.41) is 4.30. The van der Waals surface area contributed by atoms with Gasteiger partial charge in [-0.15, -0.1) is 0 Å². The van der Waals surface area contributed by atoms with E-state index >= 15 is 0 Å². The van der Waals surface area contributed by atoms with Crippen LogP contribution in [0.5, 0.6) is 0 Å². The standard InChI is InChI=1S/C22H27N5O/c1-17-5-4-9-23-21(17)16-26-11-13-27(14-12-26)22(28)24-10-8-18-15-25-20-7-3-2-6-19(18)20/h2-7,9,15,25H,8,10-14,16H2,1H3,(H,24,28). The molecule has 1 aliphatic heterocycles. The highest BCUT2D eigenvalue weighted by molar-refractivity contribution is 5.83. The predicted octanol–water partition coefficient (Wildman–Crippen LogP) is 2.94.